The van der Waals surface area contributed by atoms with Crippen molar-refractivity contribution >= 4 is 17.5 Å². The maximum absolute atomic E-state index is 12.8. The van der Waals surface area contributed by atoms with E-state index in [1.165, 1.54) is 24.0 Å². The summed E-state index contributed by atoms with van der Waals surface area (Å²) in [5.74, 6) is -0.721. The van der Waals surface area contributed by atoms with E-state index in [0.717, 1.165) is 12.1 Å². The average molecular weight is 350 g/mol. The molecule has 0 unspecified atom stereocenters. The largest absolute Gasteiger partial charge is 0.416 e. The van der Waals surface area contributed by atoms with Crippen molar-refractivity contribution in [2.75, 3.05) is 18.0 Å². The molecule has 0 aliphatic carbocycles. The molecule has 0 saturated carbocycles. The Bertz CT molecular complexity index is 745. The summed E-state index contributed by atoms with van der Waals surface area (Å²) < 4.78 is 38.5. The molecule has 1 N–H and O–H groups in total. The number of rotatable bonds is 5. The van der Waals surface area contributed by atoms with Gasteiger partial charge >= 0.3 is 6.18 Å². The highest BCUT2D eigenvalue weighted by Gasteiger charge is 2.31. The Morgan fingerprint density at radius 3 is 2.32 bits per heavy atom. The fraction of sp³-hybridized carbons (Fsp3) is 0.222. The first kappa shape index (κ1) is 18.5. The van der Waals surface area contributed by atoms with Gasteiger partial charge in [-0.15, -0.1) is 0 Å². The maximum Gasteiger partial charge on any atom is 0.416 e. The molecule has 0 atom stereocenters. The van der Waals surface area contributed by atoms with E-state index in [4.69, 9.17) is 0 Å². The number of alkyl halides is 3. The topological polar surface area (TPSA) is 49.4 Å². The Kier molecular flexibility index (Phi) is 5.80. The summed E-state index contributed by atoms with van der Waals surface area (Å²) >= 11 is 0. The number of anilines is 1. The molecule has 0 spiro atoms. The number of hydrogen-bond acceptors (Lipinski definition) is 2. The van der Waals surface area contributed by atoms with Crippen molar-refractivity contribution in [3.05, 3.63) is 65.7 Å². The third kappa shape index (κ3) is 5.07. The molecule has 2 amide bonds. The summed E-state index contributed by atoms with van der Waals surface area (Å²) in [6, 6.07) is 13.0. The van der Waals surface area contributed by atoms with E-state index < -0.39 is 17.6 Å². The monoisotopic (exact) mass is 350 g/mol. The van der Waals surface area contributed by atoms with Gasteiger partial charge in [-0.2, -0.15) is 13.2 Å². The molecule has 0 aliphatic rings. The van der Waals surface area contributed by atoms with Gasteiger partial charge in [-0.25, -0.2) is 0 Å². The van der Waals surface area contributed by atoms with Crippen LogP contribution >= 0.6 is 0 Å². The first-order valence-corrected chi connectivity index (χ1v) is 7.57. The summed E-state index contributed by atoms with van der Waals surface area (Å²) in [5, 5.41) is 2.64. The SMILES string of the molecule is CC(=O)N(CCNC(=O)c1ccccc1)c1cccc(C(F)(F)F)c1. The second kappa shape index (κ2) is 7.83. The Balaban J connectivity index is 2.05. The van der Waals surface area contributed by atoms with E-state index in [0.29, 0.717) is 5.56 Å². The lowest BCUT2D eigenvalue weighted by Gasteiger charge is -2.22. The molecule has 4 nitrogen and oxygen atoms in total. The van der Waals surface area contributed by atoms with Crippen LogP contribution in [0.15, 0.2) is 54.6 Å². The van der Waals surface area contributed by atoms with E-state index in [1.54, 1.807) is 30.3 Å². The average Bonchev–Trinajstić information content (AvgIpc) is 2.58. The third-order valence-electron chi connectivity index (χ3n) is 3.52. The molecule has 2 aromatic rings. The van der Waals surface area contributed by atoms with Gasteiger partial charge in [0.2, 0.25) is 5.91 Å². The van der Waals surface area contributed by atoms with Gasteiger partial charge in [-0.05, 0) is 30.3 Å². The highest BCUT2D eigenvalue weighted by Crippen LogP contribution is 2.31. The Morgan fingerprint density at radius 1 is 1.04 bits per heavy atom. The van der Waals surface area contributed by atoms with Crippen molar-refractivity contribution in [1.82, 2.24) is 5.32 Å². The molecule has 0 aromatic heterocycles. The van der Waals surface area contributed by atoms with Gasteiger partial charge in [0.15, 0.2) is 0 Å². The Morgan fingerprint density at radius 2 is 1.72 bits per heavy atom. The number of halogens is 3. The van der Waals surface area contributed by atoms with E-state index in [1.807, 2.05) is 0 Å². The molecule has 25 heavy (non-hydrogen) atoms. The molecule has 0 bridgehead atoms. The summed E-state index contributed by atoms with van der Waals surface area (Å²) in [6.07, 6.45) is -4.49. The maximum atomic E-state index is 12.8. The van der Waals surface area contributed by atoms with Crippen LogP contribution < -0.4 is 10.2 Å². The number of hydrogen-bond donors (Lipinski definition) is 1. The third-order valence-corrected chi connectivity index (χ3v) is 3.52. The first-order chi connectivity index (χ1) is 11.8. The van der Waals surface area contributed by atoms with Gasteiger partial charge in [0.25, 0.3) is 5.91 Å². The second-order valence-corrected chi connectivity index (χ2v) is 5.34. The van der Waals surface area contributed by atoms with Crippen molar-refractivity contribution in [1.29, 1.82) is 0 Å². The quantitative estimate of drug-likeness (QED) is 0.897. The molecule has 0 saturated heterocycles. The van der Waals surface area contributed by atoms with Crippen molar-refractivity contribution in [2.24, 2.45) is 0 Å². The predicted octanol–water partition coefficient (Wildman–Crippen LogP) is 3.49. The normalized spacial score (nSPS) is 11.0. The summed E-state index contributed by atoms with van der Waals surface area (Å²) in [5.41, 5.74) is -0.225. The summed E-state index contributed by atoms with van der Waals surface area (Å²) in [6.45, 7) is 1.44. The number of nitrogens with one attached hydrogen (secondary N) is 1. The van der Waals surface area contributed by atoms with Crippen LogP contribution in [0.3, 0.4) is 0 Å². The summed E-state index contributed by atoms with van der Waals surface area (Å²) in [7, 11) is 0. The molecule has 0 aliphatic heterocycles. The van der Waals surface area contributed by atoms with E-state index in [9.17, 15) is 22.8 Å². The van der Waals surface area contributed by atoms with Crippen LogP contribution in [0.4, 0.5) is 18.9 Å². The smallest absolute Gasteiger partial charge is 0.350 e. The van der Waals surface area contributed by atoms with Crippen LogP contribution in [-0.2, 0) is 11.0 Å². The fourth-order valence-corrected chi connectivity index (χ4v) is 2.29. The molecular formula is C18H17F3N2O2. The van der Waals surface area contributed by atoms with Crippen molar-refractivity contribution < 1.29 is 22.8 Å². The van der Waals surface area contributed by atoms with Crippen LogP contribution in [0.2, 0.25) is 0 Å². The molecule has 7 heteroatoms. The van der Waals surface area contributed by atoms with Gasteiger partial charge in [0.05, 0.1) is 5.56 Å². The lowest BCUT2D eigenvalue weighted by atomic mass is 10.1. The number of carbonyl (C=O) groups is 2. The van der Waals surface area contributed by atoms with Crippen LogP contribution in [0.5, 0.6) is 0 Å². The zero-order chi connectivity index (χ0) is 18.4. The molecule has 0 fully saturated rings. The van der Waals surface area contributed by atoms with Crippen LogP contribution in [-0.4, -0.2) is 24.9 Å². The number of amides is 2. The second-order valence-electron chi connectivity index (χ2n) is 5.34. The highest BCUT2D eigenvalue weighted by atomic mass is 19.4. The summed E-state index contributed by atoms with van der Waals surface area (Å²) in [4.78, 5) is 24.9. The minimum Gasteiger partial charge on any atom is -0.350 e. The van der Waals surface area contributed by atoms with E-state index >= 15 is 0 Å². The highest BCUT2D eigenvalue weighted by molar-refractivity contribution is 5.94. The minimum absolute atomic E-state index is 0.0647. The van der Waals surface area contributed by atoms with E-state index in [-0.39, 0.29) is 24.7 Å². The molecule has 2 aromatic carbocycles. The molecule has 0 heterocycles. The van der Waals surface area contributed by atoms with Gasteiger partial charge in [0, 0.05) is 31.3 Å². The fourth-order valence-electron chi connectivity index (χ4n) is 2.29. The van der Waals surface area contributed by atoms with Gasteiger partial charge < -0.3 is 10.2 Å². The lowest BCUT2D eigenvalue weighted by molar-refractivity contribution is -0.137. The lowest BCUT2D eigenvalue weighted by Crippen LogP contribution is -2.37. The Labute approximate surface area is 143 Å². The van der Waals surface area contributed by atoms with Crippen molar-refractivity contribution in [3.8, 4) is 0 Å². The van der Waals surface area contributed by atoms with Crippen molar-refractivity contribution in [2.45, 2.75) is 13.1 Å². The van der Waals surface area contributed by atoms with Crippen LogP contribution in [0.25, 0.3) is 0 Å². The molecule has 132 valence electrons. The first-order valence-electron chi connectivity index (χ1n) is 7.57. The van der Waals surface area contributed by atoms with E-state index in [2.05, 4.69) is 5.32 Å². The van der Waals surface area contributed by atoms with Gasteiger partial charge in [0.1, 0.15) is 0 Å². The van der Waals surface area contributed by atoms with Crippen molar-refractivity contribution in [3.63, 3.8) is 0 Å². The molecule has 0 radical (unpaired) electrons. The number of nitrogens with zero attached hydrogens (tertiary/aromatic N) is 1. The zero-order valence-corrected chi connectivity index (χ0v) is 13.5. The number of benzene rings is 2. The van der Waals surface area contributed by atoms with Gasteiger partial charge in [-0.3, -0.25) is 9.59 Å². The number of carbonyl (C=O) groups excluding carboxylic acids is 2. The van der Waals surface area contributed by atoms with Crippen LogP contribution in [0.1, 0.15) is 22.8 Å². The molecule has 2 rings (SSSR count). The van der Waals surface area contributed by atoms with Crippen LogP contribution in [0, 0.1) is 0 Å². The van der Waals surface area contributed by atoms with Gasteiger partial charge in [-0.1, -0.05) is 24.3 Å². The Hall–Kier alpha value is -2.83. The zero-order valence-electron chi connectivity index (χ0n) is 13.5. The predicted molar refractivity (Wildman–Crippen MR) is 88.2 cm³/mol. The molecular weight excluding hydrogens is 333 g/mol. The minimum atomic E-state index is -4.49. The standard InChI is InChI=1S/C18H17F3N2O2/c1-13(24)23(16-9-5-8-15(12-16)18(19,20)21)11-10-22-17(25)14-6-3-2-4-7-14/h2-9,12H,10-11H2,1H3,(H,22,25).